The predicted molar refractivity (Wildman–Crippen MR) is 87.3 cm³/mol. The van der Waals surface area contributed by atoms with E-state index in [4.69, 9.17) is 9.15 Å². The number of hydrogen-bond acceptors (Lipinski definition) is 4. The van der Waals surface area contributed by atoms with E-state index in [-0.39, 0.29) is 6.61 Å². The highest BCUT2D eigenvalue weighted by Crippen LogP contribution is 2.26. The Morgan fingerprint density at radius 1 is 1.00 bits per heavy atom. The van der Waals surface area contributed by atoms with Gasteiger partial charge >= 0.3 is 0 Å². The van der Waals surface area contributed by atoms with E-state index < -0.39 is 0 Å². The summed E-state index contributed by atoms with van der Waals surface area (Å²) < 4.78 is 11.5. The van der Waals surface area contributed by atoms with Gasteiger partial charge in [-0.2, -0.15) is 0 Å². The molecule has 1 aliphatic rings. The monoisotopic (exact) mass is 306 g/mol. The van der Waals surface area contributed by atoms with Crippen LogP contribution in [0.5, 0.6) is 5.75 Å². The van der Waals surface area contributed by atoms with Crippen molar-refractivity contribution in [1.29, 1.82) is 0 Å². The van der Waals surface area contributed by atoms with Crippen LogP contribution in [0.2, 0.25) is 0 Å². The molecule has 2 aromatic carbocycles. The van der Waals surface area contributed by atoms with Crippen molar-refractivity contribution >= 4 is 0 Å². The number of fused-ring (bicyclic) bond motifs is 1. The zero-order valence-electron chi connectivity index (χ0n) is 13.1. The lowest BCUT2D eigenvalue weighted by molar-refractivity contribution is 0.264. The zero-order chi connectivity index (χ0) is 15.6. The number of nitrogens with zero attached hydrogens (tertiary/aromatic N) is 2. The zero-order valence-corrected chi connectivity index (χ0v) is 13.1. The molecule has 3 aromatic rings. The molecule has 1 heterocycles. The molecule has 0 atom stereocenters. The molecule has 0 saturated carbocycles. The Morgan fingerprint density at radius 2 is 1.83 bits per heavy atom. The first kappa shape index (κ1) is 14.0. The van der Waals surface area contributed by atoms with Gasteiger partial charge in [-0.3, -0.25) is 0 Å². The van der Waals surface area contributed by atoms with Gasteiger partial charge in [0.2, 0.25) is 5.89 Å². The van der Waals surface area contributed by atoms with Gasteiger partial charge in [0.15, 0.2) is 6.61 Å². The molecule has 0 radical (unpaired) electrons. The van der Waals surface area contributed by atoms with Crippen molar-refractivity contribution in [3.05, 3.63) is 65.0 Å². The van der Waals surface area contributed by atoms with Gasteiger partial charge in [-0.15, -0.1) is 10.2 Å². The Morgan fingerprint density at radius 3 is 2.70 bits per heavy atom. The van der Waals surface area contributed by atoms with E-state index in [1.807, 2.05) is 37.3 Å². The molecule has 0 aliphatic heterocycles. The van der Waals surface area contributed by atoms with E-state index in [1.54, 1.807) is 0 Å². The fourth-order valence-corrected chi connectivity index (χ4v) is 2.91. The summed E-state index contributed by atoms with van der Waals surface area (Å²) in [6.45, 7) is 2.34. The number of benzene rings is 2. The number of rotatable bonds is 4. The second-order valence-corrected chi connectivity index (χ2v) is 5.94. The van der Waals surface area contributed by atoms with Crippen molar-refractivity contribution in [2.75, 3.05) is 0 Å². The Balaban J connectivity index is 1.44. The molecule has 4 rings (SSSR count). The average Bonchev–Trinajstić information content (AvgIpc) is 3.22. The minimum Gasteiger partial charge on any atom is -0.484 e. The number of aryl methyl sites for hydroxylation is 3. The molecular formula is C19H18N2O2. The quantitative estimate of drug-likeness (QED) is 0.727. The molecule has 1 aromatic heterocycles. The molecular weight excluding hydrogens is 288 g/mol. The molecule has 0 fully saturated rings. The van der Waals surface area contributed by atoms with Gasteiger partial charge in [-0.1, -0.05) is 23.8 Å². The number of ether oxygens (including phenoxy) is 1. The summed E-state index contributed by atoms with van der Waals surface area (Å²) in [5.74, 6) is 1.87. The lowest BCUT2D eigenvalue weighted by Gasteiger charge is -2.05. The van der Waals surface area contributed by atoms with Crippen LogP contribution in [0.15, 0.2) is 46.9 Å². The molecule has 1 aliphatic carbocycles. The van der Waals surface area contributed by atoms with Crippen molar-refractivity contribution in [2.24, 2.45) is 0 Å². The van der Waals surface area contributed by atoms with Crippen molar-refractivity contribution < 1.29 is 9.15 Å². The molecule has 0 unspecified atom stereocenters. The maximum absolute atomic E-state index is 5.79. The van der Waals surface area contributed by atoms with Crippen LogP contribution < -0.4 is 4.74 Å². The predicted octanol–water partition coefficient (Wildman–Crippen LogP) is 4.11. The lowest BCUT2D eigenvalue weighted by Crippen LogP contribution is -1.96. The maximum Gasteiger partial charge on any atom is 0.254 e. The fourth-order valence-electron chi connectivity index (χ4n) is 2.91. The average molecular weight is 306 g/mol. The van der Waals surface area contributed by atoms with Gasteiger partial charge < -0.3 is 9.15 Å². The highest BCUT2D eigenvalue weighted by atomic mass is 16.5. The first-order chi connectivity index (χ1) is 11.3. The van der Waals surface area contributed by atoms with Gasteiger partial charge in [0, 0.05) is 5.56 Å². The van der Waals surface area contributed by atoms with Gasteiger partial charge in [-0.05, 0) is 61.6 Å². The molecule has 0 bridgehead atoms. The van der Waals surface area contributed by atoms with Crippen LogP contribution in [0.25, 0.3) is 11.5 Å². The minimum absolute atomic E-state index is 0.289. The van der Waals surface area contributed by atoms with Gasteiger partial charge in [0.1, 0.15) is 5.75 Å². The third-order valence-corrected chi connectivity index (χ3v) is 4.20. The Kier molecular flexibility index (Phi) is 3.58. The van der Waals surface area contributed by atoms with Crippen LogP contribution in [0.1, 0.15) is 29.0 Å². The van der Waals surface area contributed by atoms with E-state index in [1.165, 1.54) is 29.5 Å². The standard InChI is InChI=1S/C19H18N2O2/c1-13-5-7-15(8-6-13)19-21-20-18(23-19)12-22-17-10-9-14-3-2-4-16(14)11-17/h5-11H,2-4,12H2,1H3. The molecule has 23 heavy (non-hydrogen) atoms. The molecule has 4 heteroatoms. The van der Waals surface area contributed by atoms with Crippen molar-refractivity contribution in [3.63, 3.8) is 0 Å². The smallest absolute Gasteiger partial charge is 0.254 e. The summed E-state index contributed by atoms with van der Waals surface area (Å²) >= 11 is 0. The van der Waals surface area contributed by atoms with E-state index in [2.05, 4.69) is 22.3 Å². The van der Waals surface area contributed by atoms with Crippen LogP contribution in [0, 0.1) is 6.92 Å². The van der Waals surface area contributed by atoms with Crippen molar-refractivity contribution in [1.82, 2.24) is 10.2 Å². The topological polar surface area (TPSA) is 48.2 Å². The lowest BCUT2D eigenvalue weighted by atomic mass is 10.1. The summed E-state index contributed by atoms with van der Waals surface area (Å²) in [7, 11) is 0. The SMILES string of the molecule is Cc1ccc(-c2nnc(COc3ccc4c(c3)CCC4)o2)cc1. The van der Waals surface area contributed by atoms with Crippen LogP contribution in [-0.4, -0.2) is 10.2 Å². The summed E-state index contributed by atoms with van der Waals surface area (Å²) in [6, 6.07) is 14.3. The first-order valence-electron chi connectivity index (χ1n) is 7.92. The van der Waals surface area contributed by atoms with Crippen LogP contribution in [0.3, 0.4) is 0 Å². The summed E-state index contributed by atoms with van der Waals surface area (Å²) in [5.41, 5.74) is 4.96. The largest absolute Gasteiger partial charge is 0.484 e. The maximum atomic E-state index is 5.79. The van der Waals surface area contributed by atoms with Crippen molar-refractivity contribution in [2.45, 2.75) is 32.8 Å². The highest BCUT2D eigenvalue weighted by molar-refractivity contribution is 5.52. The Hall–Kier alpha value is -2.62. The molecule has 0 spiro atoms. The second kappa shape index (κ2) is 5.88. The minimum atomic E-state index is 0.289. The van der Waals surface area contributed by atoms with Gasteiger partial charge in [0.25, 0.3) is 5.89 Å². The highest BCUT2D eigenvalue weighted by Gasteiger charge is 2.12. The van der Waals surface area contributed by atoms with E-state index >= 15 is 0 Å². The van der Waals surface area contributed by atoms with E-state index in [0.29, 0.717) is 11.8 Å². The second-order valence-electron chi connectivity index (χ2n) is 5.94. The van der Waals surface area contributed by atoms with E-state index in [9.17, 15) is 0 Å². The van der Waals surface area contributed by atoms with E-state index in [0.717, 1.165) is 17.7 Å². The van der Waals surface area contributed by atoms with Crippen LogP contribution >= 0.6 is 0 Å². The number of aromatic nitrogens is 2. The fraction of sp³-hybridized carbons (Fsp3) is 0.263. The normalized spacial score (nSPS) is 13.1. The number of hydrogen-bond donors (Lipinski definition) is 0. The van der Waals surface area contributed by atoms with Crippen LogP contribution in [0.4, 0.5) is 0 Å². The third-order valence-electron chi connectivity index (χ3n) is 4.20. The Labute approximate surface area is 135 Å². The third kappa shape index (κ3) is 2.97. The first-order valence-corrected chi connectivity index (χ1v) is 7.92. The van der Waals surface area contributed by atoms with Gasteiger partial charge in [-0.25, -0.2) is 0 Å². The Bertz CT molecular complexity index is 822. The van der Waals surface area contributed by atoms with Crippen LogP contribution in [-0.2, 0) is 19.4 Å². The molecule has 4 nitrogen and oxygen atoms in total. The van der Waals surface area contributed by atoms with Crippen molar-refractivity contribution in [3.8, 4) is 17.2 Å². The molecule has 116 valence electrons. The molecule has 0 N–H and O–H groups in total. The molecule has 0 amide bonds. The molecule has 0 saturated heterocycles. The summed E-state index contributed by atoms with van der Waals surface area (Å²) in [4.78, 5) is 0. The van der Waals surface area contributed by atoms with Gasteiger partial charge in [0.05, 0.1) is 0 Å². The summed E-state index contributed by atoms with van der Waals surface area (Å²) in [5, 5.41) is 8.15. The summed E-state index contributed by atoms with van der Waals surface area (Å²) in [6.07, 6.45) is 3.56.